The van der Waals surface area contributed by atoms with Crippen LogP contribution in [0.2, 0.25) is 0 Å². The van der Waals surface area contributed by atoms with Crippen molar-refractivity contribution in [1.82, 2.24) is 5.32 Å². The third-order valence-corrected chi connectivity index (χ3v) is 5.10. The summed E-state index contributed by atoms with van der Waals surface area (Å²) < 4.78 is 13.0. The average Bonchev–Trinajstić information content (AvgIpc) is 3.22. The number of hydrogen-bond acceptors (Lipinski definition) is 3. The van der Waals surface area contributed by atoms with Crippen molar-refractivity contribution in [2.45, 2.75) is 33.2 Å². The largest absolute Gasteiger partial charge is 0.372 e. The molecular weight excluding hydrogens is 357 g/mol. The third kappa shape index (κ3) is 4.68. The summed E-state index contributed by atoms with van der Waals surface area (Å²) in [6.07, 6.45) is 2.42. The molecule has 1 saturated heterocycles. The molecule has 5 nitrogen and oxygen atoms in total. The summed E-state index contributed by atoms with van der Waals surface area (Å²) in [6, 6.07) is 13.6. The molecule has 1 fully saturated rings. The molecule has 1 aliphatic rings. The Kier molecular flexibility index (Phi) is 5.97. The maximum Gasteiger partial charge on any atom is 0.239 e. The molecule has 2 aromatic carbocycles. The van der Waals surface area contributed by atoms with E-state index >= 15 is 0 Å². The molecular formula is C22H26FN3O2. The average molecular weight is 383 g/mol. The minimum Gasteiger partial charge on any atom is -0.372 e. The van der Waals surface area contributed by atoms with E-state index < -0.39 is 5.41 Å². The Labute approximate surface area is 164 Å². The number of benzene rings is 2. The number of hydrogen-bond donors (Lipinski definition) is 2. The molecule has 2 N–H and O–H groups in total. The van der Waals surface area contributed by atoms with Crippen molar-refractivity contribution in [3.63, 3.8) is 0 Å². The second kappa shape index (κ2) is 8.42. The van der Waals surface area contributed by atoms with Crippen molar-refractivity contribution in [2.75, 3.05) is 23.3 Å². The van der Waals surface area contributed by atoms with Crippen LogP contribution in [0.1, 0.15) is 32.3 Å². The Morgan fingerprint density at radius 3 is 2.18 bits per heavy atom. The van der Waals surface area contributed by atoms with Gasteiger partial charge in [-0.3, -0.25) is 9.59 Å². The van der Waals surface area contributed by atoms with Gasteiger partial charge >= 0.3 is 0 Å². The summed E-state index contributed by atoms with van der Waals surface area (Å²) in [5.41, 5.74) is 1.33. The fourth-order valence-electron chi connectivity index (χ4n) is 3.13. The minimum absolute atomic E-state index is 0.236. The zero-order valence-corrected chi connectivity index (χ0v) is 16.3. The lowest BCUT2D eigenvalue weighted by Gasteiger charge is -2.23. The predicted octanol–water partition coefficient (Wildman–Crippen LogP) is 3.71. The molecule has 0 radical (unpaired) electrons. The number of rotatable bonds is 6. The van der Waals surface area contributed by atoms with Crippen LogP contribution in [-0.2, 0) is 16.1 Å². The van der Waals surface area contributed by atoms with E-state index in [1.807, 2.05) is 24.3 Å². The Balaban J connectivity index is 1.56. The zero-order valence-electron chi connectivity index (χ0n) is 16.3. The third-order valence-electron chi connectivity index (χ3n) is 5.10. The minimum atomic E-state index is -1.24. The molecule has 0 aromatic heterocycles. The van der Waals surface area contributed by atoms with Crippen LogP contribution in [0.15, 0.2) is 48.5 Å². The van der Waals surface area contributed by atoms with Crippen molar-refractivity contribution in [3.05, 3.63) is 59.9 Å². The van der Waals surface area contributed by atoms with Crippen molar-refractivity contribution in [2.24, 2.45) is 5.41 Å². The molecule has 0 unspecified atom stereocenters. The van der Waals surface area contributed by atoms with Crippen LogP contribution in [0.25, 0.3) is 0 Å². The molecule has 2 aromatic rings. The highest BCUT2D eigenvalue weighted by atomic mass is 19.1. The second-order valence-electron chi connectivity index (χ2n) is 7.63. The van der Waals surface area contributed by atoms with Gasteiger partial charge in [0.15, 0.2) is 0 Å². The zero-order chi connectivity index (χ0) is 20.1. The molecule has 2 amide bonds. The standard InChI is InChI=1S/C22H26FN3O2/c1-22(2,20(27)24-15-16-5-7-17(23)8-6-16)21(28)25-18-9-11-19(12-10-18)26-13-3-4-14-26/h5-12H,3-4,13-15H2,1-2H3,(H,24,27)(H,25,28). The maximum absolute atomic E-state index is 13.0. The first kappa shape index (κ1) is 19.9. The fourth-order valence-corrected chi connectivity index (χ4v) is 3.13. The first-order valence-electron chi connectivity index (χ1n) is 9.55. The maximum atomic E-state index is 13.0. The normalized spacial score (nSPS) is 14.0. The number of nitrogens with zero attached hydrogens (tertiary/aromatic N) is 1. The second-order valence-corrected chi connectivity index (χ2v) is 7.63. The molecule has 0 atom stereocenters. The highest BCUT2D eigenvalue weighted by molar-refractivity contribution is 6.09. The Hall–Kier alpha value is -2.89. The lowest BCUT2D eigenvalue weighted by molar-refractivity contribution is -0.138. The first-order valence-corrected chi connectivity index (χ1v) is 9.55. The Morgan fingerprint density at radius 1 is 0.964 bits per heavy atom. The molecule has 0 spiro atoms. The predicted molar refractivity (Wildman–Crippen MR) is 109 cm³/mol. The molecule has 6 heteroatoms. The van der Waals surface area contributed by atoms with Crippen LogP contribution in [0.4, 0.5) is 15.8 Å². The van der Waals surface area contributed by atoms with Crippen molar-refractivity contribution < 1.29 is 14.0 Å². The highest BCUT2D eigenvalue weighted by Gasteiger charge is 2.36. The topological polar surface area (TPSA) is 61.4 Å². The van der Waals surface area contributed by atoms with Gasteiger partial charge in [0.2, 0.25) is 11.8 Å². The van der Waals surface area contributed by atoms with Gasteiger partial charge in [0, 0.05) is 31.0 Å². The van der Waals surface area contributed by atoms with E-state index in [-0.39, 0.29) is 24.2 Å². The van der Waals surface area contributed by atoms with E-state index in [4.69, 9.17) is 0 Å². The van der Waals surface area contributed by atoms with Gasteiger partial charge in [-0.05, 0) is 68.7 Å². The van der Waals surface area contributed by atoms with Crippen LogP contribution >= 0.6 is 0 Å². The molecule has 0 saturated carbocycles. The van der Waals surface area contributed by atoms with Gasteiger partial charge in [0.25, 0.3) is 0 Å². The van der Waals surface area contributed by atoms with Gasteiger partial charge < -0.3 is 15.5 Å². The lowest BCUT2D eigenvalue weighted by Crippen LogP contribution is -2.44. The fraction of sp³-hybridized carbons (Fsp3) is 0.364. The van der Waals surface area contributed by atoms with Crippen LogP contribution in [-0.4, -0.2) is 24.9 Å². The molecule has 0 aliphatic carbocycles. The van der Waals surface area contributed by atoms with Gasteiger partial charge in [0.1, 0.15) is 11.2 Å². The van der Waals surface area contributed by atoms with Crippen LogP contribution in [0, 0.1) is 11.2 Å². The van der Waals surface area contributed by atoms with E-state index in [9.17, 15) is 14.0 Å². The van der Waals surface area contributed by atoms with Crippen LogP contribution < -0.4 is 15.5 Å². The highest BCUT2D eigenvalue weighted by Crippen LogP contribution is 2.24. The Morgan fingerprint density at radius 2 is 1.57 bits per heavy atom. The van der Waals surface area contributed by atoms with Crippen molar-refractivity contribution >= 4 is 23.2 Å². The van der Waals surface area contributed by atoms with E-state index in [1.165, 1.54) is 25.0 Å². The molecule has 148 valence electrons. The van der Waals surface area contributed by atoms with Crippen LogP contribution in [0.3, 0.4) is 0 Å². The molecule has 1 aliphatic heterocycles. The van der Waals surface area contributed by atoms with Crippen molar-refractivity contribution in [3.8, 4) is 0 Å². The molecule has 3 rings (SSSR count). The summed E-state index contributed by atoms with van der Waals surface area (Å²) in [7, 11) is 0. The van der Waals surface area contributed by atoms with Gasteiger partial charge in [-0.25, -0.2) is 4.39 Å². The van der Waals surface area contributed by atoms with Gasteiger partial charge in [-0.2, -0.15) is 0 Å². The van der Waals surface area contributed by atoms with Gasteiger partial charge in [-0.1, -0.05) is 12.1 Å². The summed E-state index contributed by atoms with van der Waals surface area (Å²) >= 11 is 0. The monoisotopic (exact) mass is 383 g/mol. The van der Waals surface area contributed by atoms with Gasteiger partial charge in [-0.15, -0.1) is 0 Å². The number of anilines is 2. The number of amides is 2. The number of nitrogens with one attached hydrogen (secondary N) is 2. The van der Waals surface area contributed by atoms with E-state index in [0.717, 1.165) is 24.3 Å². The molecule has 0 bridgehead atoms. The van der Waals surface area contributed by atoms with Gasteiger partial charge in [0.05, 0.1) is 0 Å². The lowest BCUT2D eigenvalue weighted by atomic mass is 9.90. The quantitative estimate of drug-likeness (QED) is 0.748. The molecule has 28 heavy (non-hydrogen) atoms. The first-order chi connectivity index (χ1) is 13.4. The summed E-state index contributed by atoms with van der Waals surface area (Å²) in [4.78, 5) is 27.5. The number of carbonyl (C=O) groups is 2. The SMILES string of the molecule is CC(C)(C(=O)NCc1ccc(F)cc1)C(=O)Nc1ccc(N2CCCC2)cc1. The smallest absolute Gasteiger partial charge is 0.239 e. The van der Waals surface area contributed by atoms with E-state index in [2.05, 4.69) is 15.5 Å². The summed E-state index contributed by atoms with van der Waals surface area (Å²) in [5, 5.41) is 5.56. The molecule has 1 heterocycles. The van der Waals surface area contributed by atoms with Crippen molar-refractivity contribution in [1.29, 1.82) is 0 Å². The summed E-state index contributed by atoms with van der Waals surface area (Å²) in [6.45, 7) is 5.53. The Bertz CT molecular complexity index is 826. The van der Waals surface area contributed by atoms with Crippen LogP contribution in [0.5, 0.6) is 0 Å². The number of carbonyl (C=O) groups excluding carboxylic acids is 2. The number of halogens is 1. The summed E-state index contributed by atoms with van der Waals surface area (Å²) in [5.74, 6) is -1.09. The van der Waals surface area contributed by atoms with E-state index in [1.54, 1.807) is 26.0 Å². The van der Waals surface area contributed by atoms with E-state index in [0.29, 0.717) is 5.69 Å².